The van der Waals surface area contributed by atoms with Gasteiger partial charge in [-0.15, -0.1) is 0 Å². The van der Waals surface area contributed by atoms with Crippen LogP contribution >= 0.6 is 0 Å². The van der Waals surface area contributed by atoms with Crippen molar-refractivity contribution in [1.29, 1.82) is 0 Å². The molecule has 0 aliphatic carbocycles. The Hall–Kier alpha value is -2.02. The van der Waals surface area contributed by atoms with Crippen LogP contribution in [0.4, 0.5) is 0 Å². The molecule has 0 N–H and O–H groups in total. The molecule has 0 amide bonds. The summed E-state index contributed by atoms with van der Waals surface area (Å²) in [4.78, 5) is 0. The maximum absolute atomic E-state index is 5.61. The summed E-state index contributed by atoms with van der Waals surface area (Å²) in [5, 5.41) is 0. The van der Waals surface area contributed by atoms with Crippen molar-refractivity contribution in [2.45, 2.75) is 0 Å². The first-order valence-electron chi connectivity index (χ1n) is 5.41. The molecule has 0 aromatic heterocycles. The summed E-state index contributed by atoms with van der Waals surface area (Å²) < 4.78 is 5.61. The van der Waals surface area contributed by atoms with Crippen molar-refractivity contribution in [1.82, 2.24) is 0 Å². The van der Waals surface area contributed by atoms with Crippen LogP contribution in [-0.4, -0.2) is 6.61 Å². The minimum atomic E-state index is 0.675. The maximum atomic E-state index is 5.61. The van der Waals surface area contributed by atoms with Crippen LogP contribution < -0.4 is 4.74 Å². The first-order valence-corrected chi connectivity index (χ1v) is 5.41. The lowest BCUT2D eigenvalue weighted by Crippen LogP contribution is -1.87. The average molecular weight is 208 g/mol. The molecule has 3 rings (SSSR count). The van der Waals surface area contributed by atoms with E-state index in [1.165, 1.54) is 16.7 Å². The highest BCUT2D eigenvalue weighted by atomic mass is 16.5. The fourth-order valence-corrected chi connectivity index (χ4v) is 1.96. The molecular formula is C15H12O. The zero-order chi connectivity index (χ0) is 10.8. The predicted octanol–water partition coefficient (Wildman–Crippen LogP) is 3.62. The second-order valence-corrected chi connectivity index (χ2v) is 3.87. The summed E-state index contributed by atoms with van der Waals surface area (Å²) in [5.74, 6) is 0.990. The van der Waals surface area contributed by atoms with E-state index in [9.17, 15) is 0 Å². The zero-order valence-corrected chi connectivity index (χ0v) is 8.89. The summed E-state index contributed by atoms with van der Waals surface area (Å²) in [6, 6.07) is 18.5. The van der Waals surface area contributed by atoms with Crippen LogP contribution in [0, 0.1) is 0 Å². The normalized spacial score (nSPS) is 15.9. The number of fused-ring (bicyclic) bond motifs is 1. The molecule has 0 unspecified atom stereocenters. The van der Waals surface area contributed by atoms with E-state index in [0.29, 0.717) is 6.61 Å². The van der Waals surface area contributed by atoms with Gasteiger partial charge in [-0.3, -0.25) is 0 Å². The SMILES string of the molecule is C(=C1\COc2ccccc21)/c1ccccc1. The van der Waals surface area contributed by atoms with Crippen LogP contribution in [0.15, 0.2) is 54.6 Å². The van der Waals surface area contributed by atoms with Gasteiger partial charge in [0.2, 0.25) is 0 Å². The molecule has 2 aromatic rings. The molecule has 16 heavy (non-hydrogen) atoms. The highest BCUT2D eigenvalue weighted by molar-refractivity contribution is 5.86. The number of hydrogen-bond donors (Lipinski definition) is 0. The molecule has 0 saturated carbocycles. The van der Waals surface area contributed by atoms with Crippen molar-refractivity contribution < 1.29 is 4.74 Å². The van der Waals surface area contributed by atoms with E-state index in [0.717, 1.165) is 5.75 Å². The van der Waals surface area contributed by atoms with Gasteiger partial charge < -0.3 is 4.74 Å². The lowest BCUT2D eigenvalue weighted by molar-refractivity contribution is 0.389. The second kappa shape index (κ2) is 3.86. The van der Waals surface area contributed by atoms with E-state index in [1.54, 1.807) is 0 Å². The minimum Gasteiger partial charge on any atom is -0.488 e. The lowest BCUT2D eigenvalue weighted by Gasteiger charge is -1.97. The Labute approximate surface area is 95.0 Å². The van der Waals surface area contributed by atoms with Gasteiger partial charge in [-0.05, 0) is 17.7 Å². The van der Waals surface area contributed by atoms with Gasteiger partial charge in [0.1, 0.15) is 12.4 Å². The third kappa shape index (κ3) is 1.61. The van der Waals surface area contributed by atoms with E-state index >= 15 is 0 Å². The third-order valence-electron chi connectivity index (χ3n) is 2.76. The molecule has 1 aliphatic rings. The molecule has 1 heterocycles. The van der Waals surface area contributed by atoms with Crippen LogP contribution in [0.2, 0.25) is 0 Å². The van der Waals surface area contributed by atoms with Gasteiger partial charge in [-0.2, -0.15) is 0 Å². The summed E-state index contributed by atoms with van der Waals surface area (Å²) >= 11 is 0. The van der Waals surface area contributed by atoms with Crippen LogP contribution in [-0.2, 0) is 0 Å². The molecular weight excluding hydrogens is 196 g/mol. The van der Waals surface area contributed by atoms with E-state index in [-0.39, 0.29) is 0 Å². The smallest absolute Gasteiger partial charge is 0.127 e. The Morgan fingerprint density at radius 2 is 1.62 bits per heavy atom. The van der Waals surface area contributed by atoms with Crippen LogP contribution in [0.5, 0.6) is 5.75 Å². The predicted molar refractivity (Wildman–Crippen MR) is 66.3 cm³/mol. The molecule has 1 aliphatic heterocycles. The van der Waals surface area contributed by atoms with Crippen LogP contribution in [0.3, 0.4) is 0 Å². The Morgan fingerprint density at radius 1 is 0.875 bits per heavy atom. The molecule has 1 heteroatoms. The monoisotopic (exact) mass is 208 g/mol. The number of ether oxygens (including phenoxy) is 1. The van der Waals surface area contributed by atoms with Crippen molar-refractivity contribution in [3.05, 3.63) is 65.7 Å². The molecule has 0 fully saturated rings. The molecule has 1 nitrogen and oxygen atoms in total. The van der Waals surface area contributed by atoms with Crippen molar-refractivity contribution >= 4 is 11.6 Å². The highest BCUT2D eigenvalue weighted by Gasteiger charge is 2.15. The van der Waals surface area contributed by atoms with Gasteiger partial charge in [0.25, 0.3) is 0 Å². The van der Waals surface area contributed by atoms with E-state index in [2.05, 4.69) is 24.3 Å². The average Bonchev–Trinajstić information content (AvgIpc) is 2.74. The summed E-state index contributed by atoms with van der Waals surface area (Å²) in [5.41, 5.74) is 3.69. The first-order chi connectivity index (χ1) is 7.93. The van der Waals surface area contributed by atoms with Gasteiger partial charge in [0, 0.05) is 11.1 Å². The maximum Gasteiger partial charge on any atom is 0.127 e. The van der Waals surface area contributed by atoms with Crippen molar-refractivity contribution in [2.75, 3.05) is 6.61 Å². The summed E-state index contributed by atoms with van der Waals surface area (Å²) in [7, 11) is 0. The van der Waals surface area contributed by atoms with Gasteiger partial charge in [-0.25, -0.2) is 0 Å². The van der Waals surface area contributed by atoms with E-state index in [1.807, 2.05) is 36.4 Å². The lowest BCUT2D eigenvalue weighted by atomic mass is 10.0. The molecule has 0 radical (unpaired) electrons. The first kappa shape index (κ1) is 9.22. The Morgan fingerprint density at radius 3 is 2.50 bits per heavy atom. The Balaban J connectivity index is 2.02. The molecule has 2 aromatic carbocycles. The Bertz CT molecular complexity index is 526. The molecule has 0 bridgehead atoms. The molecule has 0 atom stereocenters. The number of hydrogen-bond acceptors (Lipinski definition) is 1. The third-order valence-corrected chi connectivity index (χ3v) is 2.76. The minimum absolute atomic E-state index is 0.675. The largest absolute Gasteiger partial charge is 0.488 e. The van der Waals surface area contributed by atoms with Gasteiger partial charge >= 0.3 is 0 Å². The Kier molecular flexibility index (Phi) is 2.22. The summed E-state index contributed by atoms with van der Waals surface area (Å²) in [6.45, 7) is 0.675. The summed E-state index contributed by atoms with van der Waals surface area (Å²) in [6.07, 6.45) is 2.19. The van der Waals surface area contributed by atoms with Crippen molar-refractivity contribution in [3.8, 4) is 5.75 Å². The fraction of sp³-hybridized carbons (Fsp3) is 0.0667. The van der Waals surface area contributed by atoms with Gasteiger partial charge in [-0.1, -0.05) is 48.5 Å². The van der Waals surface area contributed by atoms with Crippen LogP contribution in [0.25, 0.3) is 11.6 Å². The quantitative estimate of drug-likeness (QED) is 0.695. The standard InChI is InChI=1S/C15H12O/c1-2-6-12(7-3-1)10-13-11-16-15-9-5-4-8-14(13)15/h1-10H,11H2/b13-10-. The fourth-order valence-electron chi connectivity index (χ4n) is 1.96. The van der Waals surface area contributed by atoms with Crippen molar-refractivity contribution in [3.63, 3.8) is 0 Å². The van der Waals surface area contributed by atoms with Gasteiger partial charge in [0.15, 0.2) is 0 Å². The number of rotatable bonds is 1. The zero-order valence-electron chi connectivity index (χ0n) is 8.89. The molecule has 0 spiro atoms. The van der Waals surface area contributed by atoms with Crippen LogP contribution in [0.1, 0.15) is 11.1 Å². The molecule has 78 valence electrons. The topological polar surface area (TPSA) is 9.23 Å². The van der Waals surface area contributed by atoms with E-state index < -0.39 is 0 Å². The highest BCUT2D eigenvalue weighted by Crippen LogP contribution is 2.33. The van der Waals surface area contributed by atoms with Gasteiger partial charge in [0.05, 0.1) is 0 Å². The van der Waals surface area contributed by atoms with E-state index in [4.69, 9.17) is 4.74 Å². The second-order valence-electron chi connectivity index (χ2n) is 3.87. The molecule has 0 saturated heterocycles. The number of para-hydroxylation sites is 1. The van der Waals surface area contributed by atoms with Crippen molar-refractivity contribution in [2.24, 2.45) is 0 Å². The number of benzene rings is 2.